The van der Waals surface area contributed by atoms with E-state index in [0.29, 0.717) is 24.3 Å². The summed E-state index contributed by atoms with van der Waals surface area (Å²) in [6.45, 7) is 5.87. The number of carbonyl (C=O) groups excluding carboxylic acids is 1. The number of piperazine rings is 1. The van der Waals surface area contributed by atoms with Gasteiger partial charge < -0.3 is 19.9 Å². The molecule has 0 unspecified atom stereocenters. The lowest BCUT2D eigenvalue weighted by Gasteiger charge is -2.35. The van der Waals surface area contributed by atoms with Crippen LogP contribution in [0.15, 0.2) is 29.1 Å². The Morgan fingerprint density at radius 2 is 1.94 bits per heavy atom. The van der Waals surface area contributed by atoms with E-state index in [9.17, 15) is 9.59 Å². The molecule has 1 aromatic carbocycles. The van der Waals surface area contributed by atoms with Gasteiger partial charge in [0.05, 0.1) is 17.6 Å². The van der Waals surface area contributed by atoms with Crippen LogP contribution in [-0.2, 0) is 0 Å². The van der Waals surface area contributed by atoms with Crippen molar-refractivity contribution in [2.75, 3.05) is 45.9 Å². The van der Waals surface area contributed by atoms with Gasteiger partial charge in [-0.05, 0) is 49.4 Å². The molecule has 1 aliphatic carbocycles. The average molecular weight is 453 g/mol. The molecule has 0 bridgehead atoms. The van der Waals surface area contributed by atoms with Gasteiger partial charge in [0.25, 0.3) is 0 Å². The maximum absolute atomic E-state index is 12.5. The molecule has 2 fully saturated rings. The van der Waals surface area contributed by atoms with Gasteiger partial charge in [0.15, 0.2) is 5.65 Å². The fourth-order valence-electron chi connectivity index (χ4n) is 4.96. The van der Waals surface area contributed by atoms with E-state index in [1.807, 2.05) is 29.2 Å². The van der Waals surface area contributed by atoms with Crippen LogP contribution in [0.2, 0.25) is 0 Å². The number of hydrogen-bond donors (Lipinski definition) is 3. The van der Waals surface area contributed by atoms with Gasteiger partial charge in [-0.25, -0.2) is 14.6 Å². The lowest BCUT2D eigenvalue weighted by Crippen LogP contribution is -2.52. The molecule has 0 spiro atoms. The number of fused-ring (bicyclic) bond motifs is 2. The molecule has 176 valence electrons. The number of ether oxygens (including phenoxy) is 1. The van der Waals surface area contributed by atoms with Crippen LogP contribution in [0, 0.1) is 5.92 Å². The monoisotopic (exact) mass is 452 g/mol. The molecule has 2 aromatic heterocycles. The lowest BCUT2D eigenvalue weighted by atomic mass is 10.1. The molecule has 9 nitrogen and oxygen atoms in total. The van der Waals surface area contributed by atoms with Crippen molar-refractivity contribution in [2.45, 2.75) is 32.1 Å². The van der Waals surface area contributed by atoms with Crippen molar-refractivity contribution in [2.24, 2.45) is 5.92 Å². The minimum absolute atomic E-state index is 0.0248. The Morgan fingerprint density at radius 1 is 1.12 bits per heavy atom. The van der Waals surface area contributed by atoms with Crippen LogP contribution in [0.1, 0.15) is 32.1 Å². The minimum atomic E-state index is -0.266. The number of nitrogens with zero attached hydrogens (tertiary/aromatic N) is 3. The highest BCUT2D eigenvalue weighted by Gasteiger charge is 2.24. The molecular weight excluding hydrogens is 420 g/mol. The quantitative estimate of drug-likeness (QED) is 0.478. The molecule has 0 atom stereocenters. The first kappa shape index (κ1) is 21.8. The molecule has 1 saturated carbocycles. The van der Waals surface area contributed by atoms with Crippen molar-refractivity contribution < 1.29 is 9.53 Å². The number of urea groups is 1. The van der Waals surface area contributed by atoms with Crippen molar-refractivity contribution in [1.29, 1.82) is 0 Å². The third kappa shape index (κ3) is 5.30. The highest BCUT2D eigenvalue weighted by atomic mass is 16.5. The molecule has 33 heavy (non-hydrogen) atoms. The topological polar surface area (TPSA) is 106 Å². The second-order valence-electron chi connectivity index (χ2n) is 9.19. The van der Waals surface area contributed by atoms with Gasteiger partial charge in [-0.2, -0.15) is 0 Å². The summed E-state index contributed by atoms with van der Waals surface area (Å²) in [5.74, 6) is 1.61. The van der Waals surface area contributed by atoms with Crippen LogP contribution in [0.4, 0.5) is 4.79 Å². The molecule has 2 aliphatic rings. The number of benzene rings is 1. The number of H-pyrrole nitrogens is 2. The molecule has 3 N–H and O–H groups in total. The first-order chi connectivity index (χ1) is 16.1. The predicted molar refractivity (Wildman–Crippen MR) is 128 cm³/mol. The van der Waals surface area contributed by atoms with Crippen molar-refractivity contribution in [3.05, 3.63) is 34.7 Å². The summed E-state index contributed by atoms with van der Waals surface area (Å²) >= 11 is 0. The van der Waals surface area contributed by atoms with E-state index in [2.05, 4.69) is 25.2 Å². The Labute approximate surface area is 192 Å². The maximum atomic E-state index is 12.5. The van der Waals surface area contributed by atoms with Gasteiger partial charge >= 0.3 is 11.7 Å². The number of hydrogen-bond acceptors (Lipinski definition) is 5. The standard InChI is InChI=1S/C24H32N6O3/c31-23-27-21-15-18-14-19(6-7-20(18)26-22(21)28-23)33-13-3-8-25-24(32)30-11-9-29(10-12-30)16-17-4-1-2-5-17/h6-7,14-15,17H,1-5,8-13,16H2,(H,25,32)(H2,26,27,28,31). The second-order valence-corrected chi connectivity index (χ2v) is 9.19. The van der Waals surface area contributed by atoms with Crippen molar-refractivity contribution in [3.63, 3.8) is 0 Å². The van der Waals surface area contributed by atoms with Gasteiger partial charge in [0.2, 0.25) is 0 Å². The van der Waals surface area contributed by atoms with Crippen molar-refractivity contribution >= 4 is 28.1 Å². The normalized spacial score (nSPS) is 17.8. The zero-order valence-corrected chi connectivity index (χ0v) is 18.9. The molecule has 1 saturated heterocycles. The molecule has 2 amide bonds. The number of nitrogens with one attached hydrogen (secondary N) is 3. The molecule has 0 radical (unpaired) electrons. The molecule has 3 heterocycles. The van der Waals surface area contributed by atoms with E-state index in [1.54, 1.807) is 0 Å². The molecule has 1 aliphatic heterocycles. The van der Waals surface area contributed by atoms with Gasteiger partial charge in [0, 0.05) is 44.7 Å². The van der Waals surface area contributed by atoms with Crippen LogP contribution >= 0.6 is 0 Å². The Morgan fingerprint density at radius 3 is 2.76 bits per heavy atom. The Hall–Kier alpha value is -3.07. The van der Waals surface area contributed by atoms with E-state index in [0.717, 1.165) is 55.2 Å². The summed E-state index contributed by atoms with van der Waals surface area (Å²) in [6.07, 6.45) is 6.24. The first-order valence-corrected chi connectivity index (χ1v) is 12.0. The third-order valence-electron chi connectivity index (χ3n) is 6.78. The highest BCUT2D eigenvalue weighted by molar-refractivity contribution is 5.89. The Bertz CT molecular complexity index is 1160. The van der Waals surface area contributed by atoms with Crippen LogP contribution in [-0.4, -0.2) is 76.7 Å². The van der Waals surface area contributed by atoms with E-state index in [1.165, 1.54) is 32.2 Å². The number of pyridine rings is 1. The maximum Gasteiger partial charge on any atom is 0.325 e. The third-order valence-corrected chi connectivity index (χ3v) is 6.78. The summed E-state index contributed by atoms with van der Waals surface area (Å²) in [7, 11) is 0. The van der Waals surface area contributed by atoms with E-state index in [4.69, 9.17) is 4.74 Å². The van der Waals surface area contributed by atoms with E-state index in [-0.39, 0.29) is 11.7 Å². The highest BCUT2D eigenvalue weighted by Crippen LogP contribution is 2.26. The molecule has 3 aromatic rings. The van der Waals surface area contributed by atoms with E-state index < -0.39 is 0 Å². The van der Waals surface area contributed by atoms with E-state index >= 15 is 0 Å². The lowest BCUT2D eigenvalue weighted by molar-refractivity contribution is 0.127. The van der Waals surface area contributed by atoms with Gasteiger partial charge in [-0.1, -0.05) is 12.8 Å². The van der Waals surface area contributed by atoms with Gasteiger partial charge in [-0.3, -0.25) is 9.88 Å². The zero-order valence-electron chi connectivity index (χ0n) is 18.9. The smallest absolute Gasteiger partial charge is 0.325 e. The van der Waals surface area contributed by atoms with Crippen LogP contribution in [0.5, 0.6) is 5.75 Å². The summed E-state index contributed by atoms with van der Waals surface area (Å²) in [4.78, 5) is 38.2. The summed E-state index contributed by atoms with van der Waals surface area (Å²) in [5, 5.41) is 3.92. The van der Waals surface area contributed by atoms with Crippen LogP contribution < -0.4 is 15.7 Å². The number of aromatic nitrogens is 3. The number of rotatable bonds is 7. The molecule has 5 rings (SSSR count). The Balaban J connectivity index is 1.02. The minimum Gasteiger partial charge on any atom is -0.494 e. The fraction of sp³-hybridized carbons (Fsp3) is 0.542. The fourth-order valence-corrected chi connectivity index (χ4v) is 4.96. The second kappa shape index (κ2) is 9.82. The van der Waals surface area contributed by atoms with Crippen LogP contribution in [0.3, 0.4) is 0 Å². The summed E-state index contributed by atoms with van der Waals surface area (Å²) in [5.41, 5.74) is 1.75. The SMILES string of the molecule is O=C(NCCCOc1ccc2nc3[nH]c(=O)[nH]c3cc2c1)N1CCN(CC2CCCC2)CC1. The van der Waals surface area contributed by atoms with Gasteiger partial charge in [-0.15, -0.1) is 0 Å². The average Bonchev–Trinajstić information content (AvgIpc) is 3.45. The number of carbonyl (C=O) groups is 1. The first-order valence-electron chi connectivity index (χ1n) is 12.0. The number of aromatic amines is 2. The van der Waals surface area contributed by atoms with Crippen LogP contribution in [0.25, 0.3) is 22.1 Å². The van der Waals surface area contributed by atoms with Crippen molar-refractivity contribution in [3.8, 4) is 5.75 Å². The molecule has 9 heteroatoms. The predicted octanol–water partition coefficient (Wildman–Crippen LogP) is 2.69. The summed E-state index contributed by atoms with van der Waals surface area (Å²) < 4.78 is 5.86. The van der Waals surface area contributed by atoms with Gasteiger partial charge in [0.1, 0.15) is 5.75 Å². The Kier molecular flexibility index (Phi) is 6.48. The number of imidazole rings is 1. The zero-order chi connectivity index (χ0) is 22.6. The largest absolute Gasteiger partial charge is 0.494 e. The molecular formula is C24H32N6O3. The summed E-state index contributed by atoms with van der Waals surface area (Å²) in [6, 6.07) is 7.57. The van der Waals surface area contributed by atoms with Crippen molar-refractivity contribution in [1.82, 2.24) is 30.1 Å². The number of amides is 2.